The molecule has 0 bridgehead atoms. The number of hydrogen-bond acceptors (Lipinski definition) is 2. The van der Waals surface area contributed by atoms with Gasteiger partial charge in [0.1, 0.15) is 0 Å². The predicted octanol–water partition coefficient (Wildman–Crippen LogP) is 4.82. The molecule has 1 heterocycles. The number of nitrogens with zero attached hydrogens (tertiary/aromatic N) is 1. The van der Waals surface area contributed by atoms with E-state index in [1.807, 2.05) is 10.6 Å². The van der Waals surface area contributed by atoms with E-state index in [-0.39, 0.29) is 0 Å². The maximum atomic E-state index is 6.05. The third kappa shape index (κ3) is 3.51. The summed E-state index contributed by atoms with van der Waals surface area (Å²) in [5.74, 6) is 0. The fraction of sp³-hybridized carbons (Fsp3) is 0.462. The van der Waals surface area contributed by atoms with Crippen molar-refractivity contribution in [1.29, 1.82) is 0 Å². The first-order valence-electron chi connectivity index (χ1n) is 6.28. The Morgan fingerprint density at radius 1 is 1.26 bits per heavy atom. The van der Waals surface area contributed by atoms with Crippen LogP contribution in [0, 0.1) is 4.77 Å². The van der Waals surface area contributed by atoms with Crippen LogP contribution in [0.5, 0.6) is 0 Å². The number of aromatic amines is 1. The van der Waals surface area contributed by atoms with E-state index in [1.165, 1.54) is 0 Å². The van der Waals surface area contributed by atoms with Gasteiger partial charge in [-0.15, -0.1) is 0 Å². The van der Waals surface area contributed by atoms with Gasteiger partial charge in [-0.1, -0.05) is 36.5 Å². The standard InChI is InChI=1S/C13H16Cl2N2OS/c1-2-3-5-18-6-4-17-12-8-10(15)9(14)7-11(12)16-13(17)19/h7-8H,2-6H2,1H3,(H,16,19). The van der Waals surface area contributed by atoms with E-state index in [2.05, 4.69) is 11.9 Å². The van der Waals surface area contributed by atoms with Crippen molar-refractivity contribution in [3.8, 4) is 0 Å². The number of hydrogen-bond donors (Lipinski definition) is 1. The summed E-state index contributed by atoms with van der Waals surface area (Å²) < 4.78 is 8.21. The summed E-state index contributed by atoms with van der Waals surface area (Å²) in [7, 11) is 0. The molecule has 0 spiro atoms. The lowest BCUT2D eigenvalue weighted by molar-refractivity contribution is 0.124. The lowest BCUT2D eigenvalue weighted by atomic mass is 10.3. The smallest absolute Gasteiger partial charge is 0.178 e. The molecular weight excluding hydrogens is 303 g/mol. The molecule has 0 amide bonds. The van der Waals surface area contributed by atoms with Crippen molar-refractivity contribution in [3.63, 3.8) is 0 Å². The molecule has 0 saturated heterocycles. The lowest BCUT2D eigenvalue weighted by Gasteiger charge is -2.06. The molecular formula is C13H16Cl2N2OS. The fourth-order valence-electron chi connectivity index (χ4n) is 1.88. The average Bonchev–Trinajstić information content (AvgIpc) is 2.66. The van der Waals surface area contributed by atoms with E-state index in [1.54, 1.807) is 6.07 Å². The van der Waals surface area contributed by atoms with E-state index in [9.17, 15) is 0 Å². The van der Waals surface area contributed by atoms with E-state index in [0.29, 0.717) is 28.0 Å². The van der Waals surface area contributed by atoms with Crippen LogP contribution in [0.1, 0.15) is 19.8 Å². The van der Waals surface area contributed by atoms with Crippen LogP contribution in [0.3, 0.4) is 0 Å². The van der Waals surface area contributed by atoms with E-state index < -0.39 is 0 Å². The molecule has 2 rings (SSSR count). The van der Waals surface area contributed by atoms with Crippen LogP contribution in [0.25, 0.3) is 11.0 Å². The topological polar surface area (TPSA) is 29.9 Å². The summed E-state index contributed by atoms with van der Waals surface area (Å²) in [5.41, 5.74) is 1.85. The second-order valence-electron chi connectivity index (χ2n) is 4.33. The molecule has 0 aliphatic rings. The summed E-state index contributed by atoms with van der Waals surface area (Å²) in [5, 5.41) is 1.06. The first-order chi connectivity index (χ1) is 9.13. The lowest BCUT2D eigenvalue weighted by Crippen LogP contribution is -2.06. The number of nitrogens with one attached hydrogen (secondary N) is 1. The molecule has 0 radical (unpaired) electrons. The van der Waals surface area contributed by atoms with Gasteiger partial charge in [0.2, 0.25) is 0 Å². The Kier molecular flexibility index (Phi) is 5.28. The summed E-state index contributed by atoms with van der Waals surface area (Å²) >= 11 is 17.3. The monoisotopic (exact) mass is 318 g/mol. The number of rotatable bonds is 6. The van der Waals surface area contributed by atoms with Crippen molar-refractivity contribution in [2.75, 3.05) is 13.2 Å². The van der Waals surface area contributed by atoms with Crippen LogP contribution in [0.2, 0.25) is 10.0 Å². The highest BCUT2D eigenvalue weighted by atomic mass is 35.5. The van der Waals surface area contributed by atoms with Crippen molar-refractivity contribution in [1.82, 2.24) is 9.55 Å². The van der Waals surface area contributed by atoms with Gasteiger partial charge in [0, 0.05) is 13.2 Å². The summed E-state index contributed by atoms with van der Waals surface area (Å²) in [6.45, 7) is 4.28. The molecule has 6 heteroatoms. The second-order valence-corrected chi connectivity index (χ2v) is 5.53. The molecule has 0 aliphatic carbocycles. The zero-order valence-electron chi connectivity index (χ0n) is 10.7. The number of H-pyrrole nitrogens is 1. The highest BCUT2D eigenvalue weighted by Crippen LogP contribution is 2.27. The number of fused-ring (bicyclic) bond motifs is 1. The van der Waals surface area contributed by atoms with Crippen LogP contribution in [-0.2, 0) is 11.3 Å². The first kappa shape index (κ1) is 14.9. The molecule has 0 fully saturated rings. The molecule has 2 aromatic rings. The Morgan fingerprint density at radius 3 is 2.74 bits per heavy atom. The number of ether oxygens (including phenoxy) is 1. The quantitative estimate of drug-likeness (QED) is 0.611. The van der Waals surface area contributed by atoms with E-state index in [0.717, 1.165) is 30.5 Å². The van der Waals surface area contributed by atoms with Crippen molar-refractivity contribution in [2.24, 2.45) is 0 Å². The van der Waals surface area contributed by atoms with Gasteiger partial charge in [0.15, 0.2) is 4.77 Å². The molecule has 3 nitrogen and oxygen atoms in total. The molecule has 104 valence electrons. The van der Waals surface area contributed by atoms with Crippen molar-refractivity contribution < 1.29 is 4.74 Å². The van der Waals surface area contributed by atoms with Crippen LogP contribution in [-0.4, -0.2) is 22.8 Å². The highest BCUT2D eigenvalue weighted by molar-refractivity contribution is 7.71. The Morgan fingerprint density at radius 2 is 2.00 bits per heavy atom. The minimum absolute atomic E-state index is 0.525. The number of unbranched alkanes of at least 4 members (excludes halogenated alkanes) is 1. The largest absolute Gasteiger partial charge is 0.380 e. The Bertz CT molecular complexity index is 621. The SMILES string of the molecule is CCCCOCCn1c(=S)[nH]c2cc(Cl)c(Cl)cc21. The molecule has 1 aromatic carbocycles. The summed E-state index contributed by atoms with van der Waals surface area (Å²) in [6, 6.07) is 3.63. The maximum absolute atomic E-state index is 6.05. The van der Waals surface area contributed by atoms with Crippen LogP contribution in [0.15, 0.2) is 12.1 Å². The summed E-state index contributed by atoms with van der Waals surface area (Å²) in [6.07, 6.45) is 2.22. The minimum atomic E-state index is 0.525. The van der Waals surface area contributed by atoms with Gasteiger partial charge >= 0.3 is 0 Å². The number of aromatic nitrogens is 2. The van der Waals surface area contributed by atoms with Gasteiger partial charge in [0.25, 0.3) is 0 Å². The molecule has 1 aromatic heterocycles. The normalized spacial score (nSPS) is 11.3. The van der Waals surface area contributed by atoms with Gasteiger partial charge < -0.3 is 14.3 Å². The number of halogens is 2. The van der Waals surface area contributed by atoms with E-state index in [4.69, 9.17) is 40.2 Å². The van der Waals surface area contributed by atoms with Crippen LogP contribution in [0.4, 0.5) is 0 Å². The third-order valence-electron chi connectivity index (χ3n) is 2.92. The van der Waals surface area contributed by atoms with Gasteiger partial charge in [-0.25, -0.2) is 0 Å². The average molecular weight is 319 g/mol. The van der Waals surface area contributed by atoms with Crippen molar-refractivity contribution in [2.45, 2.75) is 26.3 Å². The van der Waals surface area contributed by atoms with Crippen molar-refractivity contribution in [3.05, 3.63) is 26.9 Å². The van der Waals surface area contributed by atoms with Gasteiger partial charge in [-0.05, 0) is 30.8 Å². The molecule has 0 aliphatic heterocycles. The fourth-order valence-corrected chi connectivity index (χ4v) is 2.50. The Balaban J connectivity index is 2.16. The van der Waals surface area contributed by atoms with Gasteiger partial charge in [-0.2, -0.15) is 0 Å². The van der Waals surface area contributed by atoms with Crippen molar-refractivity contribution >= 4 is 46.5 Å². The molecule has 1 N–H and O–H groups in total. The molecule has 0 atom stereocenters. The highest BCUT2D eigenvalue weighted by Gasteiger charge is 2.08. The number of benzene rings is 1. The summed E-state index contributed by atoms with van der Waals surface area (Å²) in [4.78, 5) is 3.13. The Hall–Kier alpha value is -0.550. The van der Waals surface area contributed by atoms with Crippen LogP contribution < -0.4 is 0 Å². The second kappa shape index (κ2) is 6.75. The zero-order valence-corrected chi connectivity index (χ0v) is 13.0. The van der Waals surface area contributed by atoms with Gasteiger partial charge in [0.05, 0.1) is 27.7 Å². The van der Waals surface area contributed by atoms with Gasteiger partial charge in [-0.3, -0.25) is 0 Å². The Labute approximate surface area is 127 Å². The minimum Gasteiger partial charge on any atom is -0.380 e. The van der Waals surface area contributed by atoms with Crippen LogP contribution >= 0.6 is 35.4 Å². The third-order valence-corrected chi connectivity index (χ3v) is 3.96. The first-order valence-corrected chi connectivity index (χ1v) is 7.45. The molecule has 0 unspecified atom stereocenters. The maximum Gasteiger partial charge on any atom is 0.178 e. The number of imidazole rings is 1. The molecule has 0 saturated carbocycles. The van der Waals surface area contributed by atoms with E-state index >= 15 is 0 Å². The zero-order chi connectivity index (χ0) is 13.8. The molecule has 19 heavy (non-hydrogen) atoms. The predicted molar refractivity (Wildman–Crippen MR) is 82.9 cm³/mol.